The van der Waals surface area contributed by atoms with Crippen LogP contribution in [0.3, 0.4) is 0 Å². The van der Waals surface area contributed by atoms with Gasteiger partial charge in [-0.1, -0.05) is 31.2 Å². The lowest BCUT2D eigenvalue weighted by Crippen LogP contribution is -2.44. The number of para-hydroxylation sites is 1. The highest BCUT2D eigenvalue weighted by molar-refractivity contribution is 5.88. The molecule has 4 aliphatic rings. The van der Waals surface area contributed by atoms with E-state index in [4.69, 9.17) is 4.74 Å². The van der Waals surface area contributed by atoms with Gasteiger partial charge in [-0.05, 0) is 97.6 Å². The van der Waals surface area contributed by atoms with Crippen molar-refractivity contribution < 1.29 is 14.3 Å². The molecule has 0 spiro atoms. The van der Waals surface area contributed by atoms with Crippen LogP contribution < -0.4 is 5.32 Å². The number of morpholine rings is 1. The van der Waals surface area contributed by atoms with Crippen LogP contribution in [-0.4, -0.2) is 47.9 Å². The van der Waals surface area contributed by atoms with E-state index in [-0.39, 0.29) is 11.3 Å². The SMILES string of the molecule is C[C@]12CC[C@@H]3c4ccc(Nc5cnc6ccccc6c5)cc4CC[C@H]3[C@@H]1[C@@H](CCCC(=O)N1CCOCC1)CC2=O. The number of hydrogen-bond acceptors (Lipinski definition) is 5. The number of anilines is 2. The summed E-state index contributed by atoms with van der Waals surface area (Å²) in [5.41, 5.74) is 5.87. The Balaban J connectivity index is 1.05. The number of nitrogens with zero attached hydrogens (tertiary/aromatic N) is 2. The highest BCUT2D eigenvalue weighted by Crippen LogP contribution is 2.62. The molecule has 214 valence electrons. The summed E-state index contributed by atoms with van der Waals surface area (Å²) in [6.07, 6.45) is 9.36. The maximum absolute atomic E-state index is 13.4. The number of carbonyl (C=O) groups excluding carboxylic acids is 2. The number of amides is 1. The number of aromatic nitrogens is 1. The Morgan fingerprint density at radius 2 is 1.95 bits per heavy atom. The molecule has 1 aromatic heterocycles. The van der Waals surface area contributed by atoms with Gasteiger partial charge < -0.3 is 15.0 Å². The molecule has 1 saturated heterocycles. The number of fused-ring (bicyclic) bond motifs is 6. The van der Waals surface area contributed by atoms with E-state index in [0.29, 0.717) is 68.6 Å². The smallest absolute Gasteiger partial charge is 0.222 e. The summed E-state index contributed by atoms with van der Waals surface area (Å²) in [7, 11) is 0. The molecule has 6 heteroatoms. The zero-order valence-corrected chi connectivity index (χ0v) is 24.1. The van der Waals surface area contributed by atoms with Gasteiger partial charge in [0.25, 0.3) is 0 Å². The van der Waals surface area contributed by atoms with Gasteiger partial charge in [0.05, 0.1) is 30.6 Å². The highest BCUT2D eigenvalue weighted by Gasteiger charge is 2.58. The first kappa shape index (κ1) is 26.6. The molecular formula is C35H41N3O3. The summed E-state index contributed by atoms with van der Waals surface area (Å²) in [5, 5.41) is 4.72. The van der Waals surface area contributed by atoms with Gasteiger partial charge >= 0.3 is 0 Å². The Labute approximate surface area is 242 Å². The number of carbonyl (C=O) groups is 2. The summed E-state index contributed by atoms with van der Waals surface area (Å²) in [4.78, 5) is 32.7. The number of nitrogens with one attached hydrogen (secondary N) is 1. The molecule has 1 amide bonds. The molecule has 5 atom stereocenters. The summed E-state index contributed by atoms with van der Waals surface area (Å²) in [6, 6.07) is 17.3. The quantitative estimate of drug-likeness (QED) is 0.371. The van der Waals surface area contributed by atoms with E-state index in [2.05, 4.69) is 47.6 Å². The molecule has 3 aromatic rings. The molecule has 41 heavy (non-hydrogen) atoms. The van der Waals surface area contributed by atoms with Crippen LogP contribution >= 0.6 is 0 Å². The first-order valence-corrected chi connectivity index (χ1v) is 15.6. The number of aryl methyl sites for hydroxylation is 1. The third-order valence-corrected chi connectivity index (χ3v) is 10.8. The molecule has 3 aliphatic carbocycles. The van der Waals surface area contributed by atoms with Crippen LogP contribution in [0.5, 0.6) is 0 Å². The van der Waals surface area contributed by atoms with Crippen molar-refractivity contribution >= 4 is 34.0 Å². The maximum atomic E-state index is 13.4. The second-order valence-corrected chi connectivity index (χ2v) is 13.0. The molecule has 7 rings (SSSR count). The fourth-order valence-electron chi connectivity index (χ4n) is 8.78. The summed E-state index contributed by atoms with van der Waals surface area (Å²) in [5.74, 6) is 2.63. The van der Waals surface area contributed by atoms with Crippen LogP contribution in [0.2, 0.25) is 0 Å². The third kappa shape index (κ3) is 4.94. The first-order chi connectivity index (χ1) is 20.0. The van der Waals surface area contributed by atoms with Crippen molar-refractivity contribution in [2.45, 2.75) is 64.2 Å². The number of ketones is 1. The molecule has 2 heterocycles. The lowest BCUT2D eigenvalue weighted by Gasteiger charge is -2.50. The number of pyridine rings is 1. The molecule has 0 bridgehead atoms. The summed E-state index contributed by atoms with van der Waals surface area (Å²) in [6.45, 7) is 4.97. The molecule has 0 unspecified atom stereocenters. The molecule has 2 aromatic carbocycles. The van der Waals surface area contributed by atoms with Crippen molar-refractivity contribution in [1.82, 2.24) is 9.88 Å². The van der Waals surface area contributed by atoms with Crippen LogP contribution in [0.4, 0.5) is 11.4 Å². The van der Waals surface area contributed by atoms with Crippen molar-refractivity contribution in [1.29, 1.82) is 0 Å². The Morgan fingerprint density at radius 3 is 2.83 bits per heavy atom. The largest absolute Gasteiger partial charge is 0.378 e. The zero-order valence-electron chi connectivity index (χ0n) is 24.1. The Bertz CT molecular complexity index is 1460. The second-order valence-electron chi connectivity index (χ2n) is 13.0. The fraction of sp³-hybridized carbons (Fsp3) is 0.514. The number of benzene rings is 2. The van der Waals surface area contributed by atoms with Gasteiger partial charge in [-0.25, -0.2) is 0 Å². The van der Waals surface area contributed by atoms with E-state index in [0.717, 1.165) is 60.8 Å². The lowest BCUT2D eigenvalue weighted by molar-refractivity contribution is -0.135. The number of Topliss-reactive ketones (excluding diaryl/α,β-unsaturated/α-hetero) is 1. The van der Waals surface area contributed by atoms with E-state index in [1.165, 1.54) is 11.1 Å². The van der Waals surface area contributed by atoms with Gasteiger partial charge in [0.1, 0.15) is 5.78 Å². The van der Waals surface area contributed by atoms with Crippen LogP contribution in [0.15, 0.2) is 54.7 Å². The van der Waals surface area contributed by atoms with Gasteiger partial charge in [0, 0.05) is 42.4 Å². The minimum atomic E-state index is -0.192. The van der Waals surface area contributed by atoms with Crippen molar-refractivity contribution in [3.8, 4) is 0 Å². The average Bonchev–Trinajstić information content (AvgIpc) is 3.26. The second kappa shape index (κ2) is 10.9. The molecule has 1 N–H and O–H groups in total. The molecule has 1 aliphatic heterocycles. The monoisotopic (exact) mass is 551 g/mol. The number of ether oxygens (including phenoxy) is 1. The minimum Gasteiger partial charge on any atom is -0.378 e. The topological polar surface area (TPSA) is 71.5 Å². The van der Waals surface area contributed by atoms with E-state index < -0.39 is 0 Å². The van der Waals surface area contributed by atoms with Crippen LogP contribution in [0.25, 0.3) is 10.9 Å². The zero-order chi connectivity index (χ0) is 28.0. The van der Waals surface area contributed by atoms with E-state index >= 15 is 0 Å². The highest BCUT2D eigenvalue weighted by atomic mass is 16.5. The first-order valence-electron chi connectivity index (χ1n) is 15.6. The minimum absolute atomic E-state index is 0.192. The molecular weight excluding hydrogens is 510 g/mol. The molecule has 3 fully saturated rings. The van der Waals surface area contributed by atoms with E-state index in [9.17, 15) is 9.59 Å². The normalized spacial score (nSPS) is 29.1. The average molecular weight is 552 g/mol. The van der Waals surface area contributed by atoms with Crippen molar-refractivity contribution in [3.63, 3.8) is 0 Å². The predicted octanol–water partition coefficient (Wildman–Crippen LogP) is 6.66. The van der Waals surface area contributed by atoms with Gasteiger partial charge in [0.15, 0.2) is 0 Å². The van der Waals surface area contributed by atoms with E-state index in [1.807, 2.05) is 29.3 Å². The van der Waals surface area contributed by atoms with Crippen LogP contribution in [0.1, 0.15) is 68.9 Å². The Kier molecular flexibility index (Phi) is 7.06. The van der Waals surface area contributed by atoms with Crippen molar-refractivity contribution in [2.24, 2.45) is 23.2 Å². The van der Waals surface area contributed by atoms with Crippen LogP contribution in [0, 0.1) is 23.2 Å². The lowest BCUT2D eigenvalue weighted by atomic mass is 9.54. The standard InChI is InChI=1S/C35H41N3O3/c1-35-14-13-29-28-12-10-26(37-27-20-24-5-2-3-7-31(24)36-22-27)19-23(28)9-11-30(29)34(35)25(21-32(35)39)6-4-8-33(40)38-15-17-41-18-16-38/h2-3,5,7,10,12,19-20,22,25,29-30,34,37H,4,6,8-9,11,13-18,21H2,1H3/t25-,29+,30+,34-,35+/m0/s1. The van der Waals surface area contributed by atoms with Gasteiger partial charge in [-0.2, -0.15) is 0 Å². The molecule has 6 nitrogen and oxygen atoms in total. The Hall–Kier alpha value is -3.25. The van der Waals surface area contributed by atoms with Gasteiger partial charge in [-0.3, -0.25) is 14.6 Å². The summed E-state index contributed by atoms with van der Waals surface area (Å²) >= 11 is 0. The van der Waals surface area contributed by atoms with Crippen molar-refractivity contribution in [3.05, 3.63) is 65.9 Å². The van der Waals surface area contributed by atoms with Crippen LogP contribution in [-0.2, 0) is 20.7 Å². The number of rotatable bonds is 6. The van der Waals surface area contributed by atoms with Crippen molar-refractivity contribution in [2.75, 3.05) is 31.6 Å². The number of hydrogen-bond donors (Lipinski definition) is 1. The predicted molar refractivity (Wildman–Crippen MR) is 161 cm³/mol. The van der Waals surface area contributed by atoms with Gasteiger partial charge in [-0.15, -0.1) is 0 Å². The van der Waals surface area contributed by atoms with Gasteiger partial charge in [0.2, 0.25) is 5.91 Å². The molecule has 2 saturated carbocycles. The maximum Gasteiger partial charge on any atom is 0.222 e. The summed E-state index contributed by atoms with van der Waals surface area (Å²) < 4.78 is 5.40. The third-order valence-electron chi connectivity index (χ3n) is 10.8. The Morgan fingerprint density at radius 1 is 1.10 bits per heavy atom. The molecule has 0 radical (unpaired) electrons. The fourth-order valence-corrected chi connectivity index (χ4v) is 8.78. The van der Waals surface area contributed by atoms with E-state index in [1.54, 1.807) is 0 Å².